The van der Waals surface area contributed by atoms with Crippen molar-refractivity contribution in [3.63, 3.8) is 0 Å². The van der Waals surface area contributed by atoms with E-state index in [2.05, 4.69) is 32.5 Å². The summed E-state index contributed by atoms with van der Waals surface area (Å²) >= 11 is 0. The number of aromatic nitrogens is 2. The maximum atomic E-state index is 12.6. The predicted molar refractivity (Wildman–Crippen MR) is 126 cm³/mol. The molecular formula is C24H28N6O2. The van der Waals surface area contributed by atoms with Crippen LogP contribution in [0.5, 0.6) is 0 Å². The normalized spacial score (nSPS) is 19.3. The van der Waals surface area contributed by atoms with Crippen LogP contribution < -0.4 is 16.3 Å². The fourth-order valence-corrected chi connectivity index (χ4v) is 4.51. The average molecular weight is 433 g/mol. The van der Waals surface area contributed by atoms with Crippen molar-refractivity contribution in [1.82, 2.24) is 19.4 Å². The van der Waals surface area contributed by atoms with E-state index in [1.165, 1.54) is 0 Å². The molecule has 3 heterocycles. The summed E-state index contributed by atoms with van der Waals surface area (Å²) in [5.74, 6) is 1.00. The van der Waals surface area contributed by atoms with Crippen LogP contribution in [0.2, 0.25) is 0 Å². The van der Waals surface area contributed by atoms with Crippen LogP contribution in [0.3, 0.4) is 0 Å². The van der Waals surface area contributed by atoms with Gasteiger partial charge in [-0.3, -0.25) is 14.3 Å². The van der Waals surface area contributed by atoms with Crippen LogP contribution in [0.1, 0.15) is 11.5 Å². The Balaban J connectivity index is 1.25. The highest BCUT2D eigenvalue weighted by molar-refractivity contribution is 5.92. The van der Waals surface area contributed by atoms with Gasteiger partial charge in [0.15, 0.2) is 0 Å². The second-order valence-electron chi connectivity index (χ2n) is 8.70. The van der Waals surface area contributed by atoms with Crippen LogP contribution in [-0.2, 0) is 11.3 Å². The SMILES string of the molecule is CN1CCN(CC(=O)Nc2ccc(C3CNc4c5ccccc5nc(=O)n4C3)cc2)CC1. The molecule has 32 heavy (non-hydrogen) atoms. The highest BCUT2D eigenvalue weighted by Crippen LogP contribution is 2.29. The van der Waals surface area contributed by atoms with Gasteiger partial charge in [-0.15, -0.1) is 0 Å². The van der Waals surface area contributed by atoms with E-state index in [4.69, 9.17) is 0 Å². The summed E-state index contributed by atoms with van der Waals surface area (Å²) in [7, 11) is 2.11. The quantitative estimate of drug-likeness (QED) is 0.654. The molecule has 0 saturated carbocycles. The van der Waals surface area contributed by atoms with E-state index < -0.39 is 0 Å². The number of nitrogens with one attached hydrogen (secondary N) is 2. The van der Waals surface area contributed by atoms with Gasteiger partial charge in [0.25, 0.3) is 0 Å². The maximum Gasteiger partial charge on any atom is 0.349 e. The second kappa shape index (κ2) is 8.72. The Bertz CT molecular complexity index is 1180. The molecule has 2 N–H and O–H groups in total. The molecule has 0 spiro atoms. The third kappa shape index (κ3) is 4.24. The Morgan fingerprint density at radius 1 is 1.09 bits per heavy atom. The van der Waals surface area contributed by atoms with Crippen molar-refractivity contribution < 1.29 is 4.79 Å². The molecule has 5 rings (SSSR count). The minimum atomic E-state index is -0.233. The summed E-state index contributed by atoms with van der Waals surface area (Å²) in [5.41, 5.74) is 2.40. The number of carbonyl (C=O) groups is 1. The fraction of sp³-hybridized carbons (Fsp3) is 0.375. The summed E-state index contributed by atoms with van der Waals surface area (Å²) < 4.78 is 1.72. The summed E-state index contributed by atoms with van der Waals surface area (Å²) in [6.45, 7) is 5.56. The van der Waals surface area contributed by atoms with E-state index in [9.17, 15) is 9.59 Å². The smallest absolute Gasteiger partial charge is 0.349 e. The molecule has 8 nitrogen and oxygen atoms in total. The molecule has 1 unspecified atom stereocenters. The van der Waals surface area contributed by atoms with Gasteiger partial charge in [-0.25, -0.2) is 4.79 Å². The maximum absolute atomic E-state index is 12.6. The predicted octanol–water partition coefficient (Wildman–Crippen LogP) is 1.79. The summed E-state index contributed by atoms with van der Waals surface area (Å²) in [4.78, 5) is 33.7. The first-order valence-electron chi connectivity index (χ1n) is 11.1. The van der Waals surface area contributed by atoms with Crippen molar-refractivity contribution in [3.05, 3.63) is 64.6 Å². The number of amides is 1. The van der Waals surface area contributed by atoms with Crippen molar-refractivity contribution in [2.75, 3.05) is 56.9 Å². The lowest BCUT2D eigenvalue weighted by Gasteiger charge is -2.31. The molecule has 1 aromatic heterocycles. The first-order valence-corrected chi connectivity index (χ1v) is 11.1. The van der Waals surface area contributed by atoms with Gasteiger partial charge in [0.1, 0.15) is 5.82 Å². The lowest BCUT2D eigenvalue weighted by molar-refractivity contribution is -0.117. The number of carbonyl (C=O) groups excluding carboxylic acids is 1. The van der Waals surface area contributed by atoms with Crippen molar-refractivity contribution in [1.29, 1.82) is 0 Å². The minimum Gasteiger partial charge on any atom is -0.370 e. The number of benzene rings is 2. The molecule has 1 amide bonds. The topological polar surface area (TPSA) is 82.5 Å². The van der Waals surface area contributed by atoms with Crippen LogP contribution >= 0.6 is 0 Å². The lowest BCUT2D eigenvalue weighted by atomic mass is 9.97. The van der Waals surface area contributed by atoms with Crippen LogP contribution in [0, 0.1) is 0 Å². The number of hydrogen-bond donors (Lipinski definition) is 2. The van der Waals surface area contributed by atoms with Crippen molar-refractivity contribution in [2.24, 2.45) is 0 Å². The monoisotopic (exact) mass is 432 g/mol. The van der Waals surface area contributed by atoms with E-state index in [-0.39, 0.29) is 17.5 Å². The molecule has 166 valence electrons. The van der Waals surface area contributed by atoms with Crippen LogP contribution in [0.25, 0.3) is 10.9 Å². The zero-order chi connectivity index (χ0) is 22.1. The first kappa shape index (κ1) is 20.7. The third-order valence-electron chi connectivity index (χ3n) is 6.42. The Morgan fingerprint density at radius 3 is 2.62 bits per heavy atom. The number of para-hydroxylation sites is 1. The largest absolute Gasteiger partial charge is 0.370 e. The molecular weight excluding hydrogens is 404 g/mol. The van der Waals surface area contributed by atoms with E-state index in [1.807, 2.05) is 48.5 Å². The van der Waals surface area contributed by atoms with Gasteiger partial charge in [0, 0.05) is 56.3 Å². The fourth-order valence-electron chi connectivity index (χ4n) is 4.51. The zero-order valence-electron chi connectivity index (χ0n) is 18.3. The Labute approximate surface area is 186 Å². The van der Waals surface area contributed by atoms with E-state index in [1.54, 1.807) is 4.57 Å². The molecule has 0 radical (unpaired) electrons. The van der Waals surface area contributed by atoms with E-state index in [0.717, 1.165) is 55.2 Å². The standard InChI is InChI=1S/C24H28N6O2/c1-28-10-12-29(13-11-28)16-22(31)26-19-8-6-17(7-9-19)18-14-25-23-20-4-2-3-5-21(20)27-24(32)30(23)15-18/h2-9,18,25H,10-16H2,1H3,(H,26,31). The van der Waals surface area contributed by atoms with Crippen molar-refractivity contribution in [2.45, 2.75) is 12.5 Å². The highest BCUT2D eigenvalue weighted by Gasteiger charge is 2.23. The van der Waals surface area contributed by atoms with Gasteiger partial charge < -0.3 is 15.5 Å². The molecule has 2 aliphatic rings. The number of fused-ring (bicyclic) bond motifs is 3. The Morgan fingerprint density at radius 2 is 1.84 bits per heavy atom. The lowest BCUT2D eigenvalue weighted by Crippen LogP contribution is -2.47. The summed E-state index contributed by atoms with van der Waals surface area (Å²) in [6.07, 6.45) is 0. The molecule has 0 bridgehead atoms. The zero-order valence-corrected chi connectivity index (χ0v) is 18.3. The second-order valence-corrected chi connectivity index (χ2v) is 8.70. The highest BCUT2D eigenvalue weighted by atomic mass is 16.2. The average Bonchev–Trinajstić information content (AvgIpc) is 2.81. The first-order chi connectivity index (χ1) is 15.6. The van der Waals surface area contributed by atoms with E-state index >= 15 is 0 Å². The number of rotatable bonds is 4. The van der Waals surface area contributed by atoms with Crippen LogP contribution in [0.15, 0.2) is 53.3 Å². The molecule has 2 aromatic carbocycles. The minimum absolute atomic E-state index is 0.0140. The van der Waals surface area contributed by atoms with Gasteiger partial charge in [-0.1, -0.05) is 24.3 Å². The van der Waals surface area contributed by atoms with Crippen molar-refractivity contribution in [3.8, 4) is 0 Å². The molecule has 1 fully saturated rings. The number of hydrogen-bond acceptors (Lipinski definition) is 6. The van der Waals surface area contributed by atoms with Gasteiger partial charge in [0.2, 0.25) is 5.91 Å². The molecule has 1 saturated heterocycles. The number of nitrogens with zero attached hydrogens (tertiary/aromatic N) is 4. The van der Waals surface area contributed by atoms with Gasteiger partial charge in [0.05, 0.1) is 12.1 Å². The van der Waals surface area contributed by atoms with Gasteiger partial charge in [-0.2, -0.15) is 4.98 Å². The molecule has 3 aromatic rings. The Kier molecular flexibility index (Phi) is 5.63. The van der Waals surface area contributed by atoms with Crippen LogP contribution in [0.4, 0.5) is 11.5 Å². The molecule has 1 atom stereocenters. The summed E-state index contributed by atoms with van der Waals surface area (Å²) in [6, 6.07) is 15.6. The van der Waals surface area contributed by atoms with Gasteiger partial charge in [-0.05, 0) is 36.9 Å². The number of piperazine rings is 1. The molecule has 8 heteroatoms. The summed E-state index contributed by atoms with van der Waals surface area (Å²) in [5, 5.41) is 7.40. The number of anilines is 2. The van der Waals surface area contributed by atoms with Gasteiger partial charge >= 0.3 is 5.69 Å². The third-order valence-corrected chi connectivity index (χ3v) is 6.42. The van der Waals surface area contributed by atoms with E-state index in [0.29, 0.717) is 18.6 Å². The number of likely N-dealkylation sites (N-methyl/N-ethyl adjacent to an activating group) is 1. The van der Waals surface area contributed by atoms with Crippen molar-refractivity contribution >= 4 is 28.3 Å². The Hall–Kier alpha value is -3.23. The molecule has 2 aliphatic heterocycles. The molecule has 0 aliphatic carbocycles. The van der Waals surface area contributed by atoms with Crippen LogP contribution in [-0.4, -0.2) is 71.6 Å².